The number of carbonyl (C=O) groups is 1. The first-order valence-corrected chi connectivity index (χ1v) is 10.7. The quantitative estimate of drug-likeness (QED) is 0.792. The van der Waals surface area contributed by atoms with Crippen LogP contribution in [-0.4, -0.2) is 80.5 Å². The number of carbonyl (C=O) groups excluding carboxylic acids is 1. The lowest BCUT2D eigenvalue weighted by atomic mass is 10.0. The van der Waals surface area contributed by atoms with Crippen molar-refractivity contribution in [1.29, 1.82) is 0 Å². The smallest absolute Gasteiger partial charge is 0.223 e. The van der Waals surface area contributed by atoms with E-state index in [0.717, 1.165) is 58.7 Å². The van der Waals surface area contributed by atoms with Gasteiger partial charge in [0.1, 0.15) is 0 Å². The lowest BCUT2D eigenvalue weighted by Crippen LogP contribution is -2.49. The number of ether oxygens (including phenoxy) is 2. The van der Waals surface area contributed by atoms with Crippen LogP contribution in [-0.2, 0) is 14.3 Å². The zero-order valence-corrected chi connectivity index (χ0v) is 17.3. The van der Waals surface area contributed by atoms with Crippen LogP contribution in [0.15, 0.2) is 18.2 Å². The van der Waals surface area contributed by atoms with E-state index in [0.29, 0.717) is 19.6 Å². The summed E-state index contributed by atoms with van der Waals surface area (Å²) >= 11 is 0. The molecular formula is C22H33N3O3. The summed E-state index contributed by atoms with van der Waals surface area (Å²) in [6, 6.07) is 6.55. The molecule has 3 saturated heterocycles. The minimum absolute atomic E-state index is 0.268. The summed E-state index contributed by atoms with van der Waals surface area (Å²) in [4.78, 5) is 19.5. The number of amides is 1. The molecule has 6 heteroatoms. The van der Waals surface area contributed by atoms with Crippen molar-refractivity contribution in [2.45, 2.75) is 38.9 Å². The Morgan fingerprint density at radius 2 is 1.68 bits per heavy atom. The fourth-order valence-electron chi connectivity index (χ4n) is 4.58. The molecule has 0 radical (unpaired) electrons. The average Bonchev–Trinajstić information content (AvgIpc) is 3.17. The summed E-state index contributed by atoms with van der Waals surface area (Å²) in [5.41, 5.74) is 4.08. The van der Waals surface area contributed by atoms with Gasteiger partial charge in [-0.1, -0.05) is 12.1 Å². The third-order valence-electron chi connectivity index (χ3n) is 6.62. The first kappa shape index (κ1) is 19.7. The SMILES string of the molecule is Cc1cccc(N2CCN(CCC(=O)N3CCC4(CC3)OCCO4)CC2)c1C. The third kappa shape index (κ3) is 4.19. The molecule has 28 heavy (non-hydrogen) atoms. The van der Waals surface area contributed by atoms with Crippen LogP contribution in [0, 0.1) is 13.8 Å². The highest BCUT2D eigenvalue weighted by atomic mass is 16.7. The van der Waals surface area contributed by atoms with E-state index in [2.05, 4.69) is 41.8 Å². The Bertz CT molecular complexity index is 684. The standard InChI is InChI=1S/C22H33N3O3/c1-18-4-3-5-20(19(18)2)24-14-12-23(13-15-24)9-6-21(26)25-10-7-22(8-11-25)27-16-17-28-22/h3-5H,6-17H2,1-2H3. The lowest BCUT2D eigenvalue weighted by molar-refractivity contribution is -0.187. The van der Waals surface area contributed by atoms with Crippen molar-refractivity contribution in [1.82, 2.24) is 9.80 Å². The van der Waals surface area contributed by atoms with E-state index in [1.54, 1.807) is 0 Å². The monoisotopic (exact) mass is 387 g/mol. The van der Waals surface area contributed by atoms with Crippen LogP contribution in [0.25, 0.3) is 0 Å². The van der Waals surface area contributed by atoms with Crippen molar-refractivity contribution >= 4 is 11.6 Å². The van der Waals surface area contributed by atoms with Gasteiger partial charge < -0.3 is 19.3 Å². The number of rotatable bonds is 4. The van der Waals surface area contributed by atoms with Crippen LogP contribution < -0.4 is 4.90 Å². The topological polar surface area (TPSA) is 45.2 Å². The first-order chi connectivity index (χ1) is 13.6. The molecule has 0 unspecified atom stereocenters. The van der Waals surface area contributed by atoms with Crippen molar-refractivity contribution < 1.29 is 14.3 Å². The molecule has 0 aromatic heterocycles. The van der Waals surface area contributed by atoms with Gasteiger partial charge in [0.2, 0.25) is 5.91 Å². The molecule has 0 bridgehead atoms. The number of nitrogens with zero attached hydrogens (tertiary/aromatic N) is 3. The van der Waals surface area contributed by atoms with Crippen molar-refractivity contribution in [3.8, 4) is 0 Å². The minimum Gasteiger partial charge on any atom is -0.369 e. The van der Waals surface area contributed by atoms with Gasteiger partial charge in [-0.2, -0.15) is 0 Å². The van der Waals surface area contributed by atoms with Gasteiger partial charge in [-0.15, -0.1) is 0 Å². The number of piperidine rings is 1. The summed E-state index contributed by atoms with van der Waals surface area (Å²) in [6.45, 7) is 12.2. The van der Waals surface area contributed by atoms with Crippen LogP contribution in [0.4, 0.5) is 5.69 Å². The van der Waals surface area contributed by atoms with Crippen LogP contribution >= 0.6 is 0 Å². The van der Waals surface area contributed by atoms with E-state index >= 15 is 0 Å². The Kier molecular flexibility index (Phi) is 5.90. The summed E-state index contributed by atoms with van der Waals surface area (Å²) in [5, 5.41) is 0. The second-order valence-electron chi connectivity index (χ2n) is 8.29. The zero-order valence-electron chi connectivity index (χ0n) is 17.3. The predicted octanol–water partition coefficient (Wildman–Crippen LogP) is 2.18. The third-order valence-corrected chi connectivity index (χ3v) is 6.62. The normalized spacial score (nSPS) is 22.8. The summed E-state index contributed by atoms with van der Waals surface area (Å²) in [7, 11) is 0. The Morgan fingerprint density at radius 1 is 1.00 bits per heavy atom. The molecular weight excluding hydrogens is 354 g/mol. The highest BCUT2D eigenvalue weighted by molar-refractivity contribution is 5.76. The molecule has 0 saturated carbocycles. The molecule has 3 aliphatic heterocycles. The summed E-state index contributed by atoms with van der Waals surface area (Å²) in [6.07, 6.45) is 2.21. The Hall–Kier alpha value is -1.63. The Balaban J connectivity index is 1.20. The molecule has 0 atom stereocenters. The second-order valence-corrected chi connectivity index (χ2v) is 8.29. The Labute approximate surface area is 168 Å². The van der Waals surface area contributed by atoms with Crippen LogP contribution in [0.1, 0.15) is 30.4 Å². The fraction of sp³-hybridized carbons (Fsp3) is 0.682. The van der Waals surface area contributed by atoms with Gasteiger partial charge in [0, 0.05) is 70.8 Å². The number of anilines is 1. The highest BCUT2D eigenvalue weighted by Gasteiger charge is 2.40. The number of hydrogen-bond acceptors (Lipinski definition) is 5. The molecule has 6 nitrogen and oxygen atoms in total. The average molecular weight is 388 g/mol. The van der Waals surface area contributed by atoms with Crippen LogP contribution in [0.2, 0.25) is 0 Å². The van der Waals surface area contributed by atoms with Crippen molar-refractivity contribution in [3.63, 3.8) is 0 Å². The van der Waals surface area contributed by atoms with Gasteiger partial charge >= 0.3 is 0 Å². The number of aryl methyl sites for hydroxylation is 1. The molecule has 154 valence electrons. The summed E-state index contributed by atoms with van der Waals surface area (Å²) < 4.78 is 11.5. The molecule has 1 aromatic carbocycles. The second kappa shape index (κ2) is 8.39. The van der Waals surface area contributed by atoms with Gasteiger partial charge in [-0.25, -0.2) is 0 Å². The van der Waals surface area contributed by atoms with Crippen molar-refractivity contribution in [2.24, 2.45) is 0 Å². The van der Waals surface area contributed by atoms with Gasteiger partial charge in [0.15, 0.2) is 5.79 Å². The molecule has 3 fully saturated rings. The van der Waals surface area contributed by atoms with Crippen molar-refractivity contribution in [3.05, 3.63) is 29.3 Å². The van der Waals surface area contributed by atoms with E-state index in [9.17, 15) is 4.79 Å². The number of benzene rings is 1. The van der Waals surface area contributed by atoms with Gasteiger partial charge in [-0.3, -0.25) is 9.69 Å². The highest BCUT2D eigenvalue weighted by Crippen LogP contribution is 2.31. The van der Waals surface area contributed by atoms with E-state index in [-0.39, 0.29) is 5.91 Å². The van der Waals surface area contributed by atoms with E-state index in [4.69, 9.17) is 9.47 Å². The minimum atomic E-state index is -0.402. The zero-order chi connectivity index (χ0) is 19.6. The lowest BCUT2D eigenvalue weighted by Gasteiger charge is -2.39. The van der Waals surface area contributed by atoms with Crippen molar-refractivity contribution in [2.75, 3.05) is 63.9 Å². The largest absolute Gasteiger partial charge is 0.369 e. The van der Waals surface area contributed by atoms with Crippen LogP contribution in [0.3, 0.4) is 0 Å². The molecule has 3 aliphatic rings. The molecule has 0 N–H and O–H groups in total. The number of likely N-dealkylation sites (tertiary alicyclic amines) is 1. The maximum atomic E-state index is 12.6. The molecule has 1 spiro atoms. The van der Waals surface area contributed by atoms with E-state index < -0.39 is 5.79 Å². The predicted molar refractivity (Wildman–Crippen MR) is 110 cm³/mol. The van der Waals surface area contributed by atoms with E-state index in [1.807, 2.05) is 4.90 Å². The molecule has 1 amide bonds. The first-order valence-electron chi connectivity index (χ1n) is 10.7. The van der Waals surface area contributed by atoms with E-state index in [1.165, 1.54) is 16.8 Å². The molecule has 0 aliphatic carbocycles. The maximum absolute atomic E-state index is 12.6. The fourth-order valence-corrected chi connectivity index (χ4v) is 4.58. The van der Waals surface area contributed by atoms with Gasteiger partial charge in [0.05, 0.1) is 13.2 Å². The maximum Gasteiger partial charge on any atom is 0.223 e. The van der Waals surface area contributed by atoms with Gasteiger partial charge in [-0.05, 0) is 31.0 Å². The number of hydrogen-bond donors (Lipinski definition) is 0. The molecule has 1 aromatic rings. The van der Waals surface area contributed by atoms with Gasteiger partial charge in [0.25, 0.3) is 0 Å². The molecule has 4 rings (SSSR count). The number of piperazine rings is 1. The van der Waals surface area contributed by atoms with Crippen LogP contribution in [0.5, 0.6) is 0 Å². The summed E-state index contributed by atoms with van der Waals surface area (Å²) in [5.74, 6) is -0.133. The molecule has 3 heterocycles. The Morgan fingerprint density at radius 3 is 2.36 bits per heavy atom.